The number of benzene rings is 2. The molecule has 0 saturated heterocycles. The molecule has 0 radical (unpaired) electrons. The van der Waals surface area contributed by atoms with Crippen LogP contribution in [-0.4, -0.2) is 11.7 Å². The van der Waals surface area contributed by atoms with Crippen molar-refractivity contribution in [1.29, 1.82) is 0 Å². The highest BCUT2D eigenvalue weighted by atomic mass is 35.5. The largest absolute Gasteiger partial charge is 0.352 e. The molecule has 134 valence electrons. The first kappa shape index (κ1) is 20.1. The van der Waals surface area contributed by atoms with Crippen molar-refractivity contribution < 1.29 is 4.79 Å². The van der Waals surface area contributed by atoms with Crippen molar-refractivity contribution in [3.63, 3.8) is 0 Å². The summed E-state index contributed by atoms with van der Waals surface area (Å²) in [5, 5.41) is 7.09. The Morgan fingerprint density at radius 3 is 2.68 bits per heavy atom. The lowest BCUT2D eigenvalue weighted by Gasteiger charge is -2.07. The maximum atomic E-state index is 12.0. The quantitative estimate of drug-likeness (QED) is 0.532. The second-order valence-electron chi connectivity index (χ2n) is 5.89. The van der Waals surface area contributed by atoms with Gasteiger partial charge in [0, 0.05) is 36.0 Å². The molecule has 0 fully saturated rings. The van der Waals surface area contributed by atoms with Crippen LogP contribution in [0.1, 0.15) is 29.5 Å². The maximum Gasteiger partial charge on any atom is 0.220 e. The third-order valence-corrected chi connectivity index (χ3v) is 5.37. The molecular formula is C19H22Cl2N2OS. The first-order chi connectivity index (χ1) is 11.7. The number of amides is 1. The standard InChI is InChI=1S/C19H21ClN2OS.ClH/c20-17-5-7-18(8-6-17)24-9-1-2-19(23)22-11-14-3-4-15-12-21-13-16(15)10-14;/h3-8,10,21H,1-2,9,11-13H2,(H,22,23);1H. The molecule has 3 nitrogen and oxygen atoms in total. The minimum Gasteiger partial charge on any atom is -0.352 e. The number of halogens is 2. The Hall–Kier alpha value is -1.20. The zero-order valence-corrected chi connectivity index (χ0v) is 16.3. The van der Waals surface area contributed by atoms with Crippen LogP contribution in [0.2, 0.25) is 5.02 Å². The second kappa shape index (κ2) is 10.1. The Morgan fingerprint density at radius 2 is 1.88 bits per heavy atom. The number of rotatable bonds is 7. The fraction of sp³-hybridized carbons (Fsp3) is 0.316. The van der Waals surface area contributed by atoms with Crippen molar-refractivity contribution in [2.75, 3.05) is 5.75 Å². The zero-order chi connectivity index (χ0) is 16.8. The van der Waals surface area contributed by atoms with Crippen LogP contribution in [0, 0.1) is 0 Å². The summed E-state index contributed by atoms with van der Waals surface area (Å²) in [6.45, 7) is 2.49. The van der Waals surface area contributed by atoms with Crippen molar-refractivity contribution in [3.8, 4) is 0 Å². The summed E-state index contributed by atoms with van der Waals surface area (Å²) >= 11 is 7.62. The smallest absolute Gasteiger partial charge is 0.220 e. The van der Waals surface area contributed by atoms with E-state index in [-0.39, 0.29) is 18.3 Å². The fourth-order valence-corrected chi connectivity index (χ4v) is 3.68. The predicted molar refractivity (Wildman–Crippen MR) is 107 cm³/mol. The van der Waals surface area contributed by atoms with Crippen molar-refractivity contribution in [2.45, 2.75) is 37.4 Å². The van der Waals surface area contributed by atoms with Crippen LogP contribution in [0.5, 0.6) is 0 Å². The molecule has 0 bridgehead atoms. The molecule has 0 aliphatic carbocycles. The lowest BCUT2D eigenvalue weighted by Crippen LogP contribution is -2.22. The molecule has 0 atom stereocenters. The molecule has 1 aliphatic heterocycles. The van der Waals surface area contributed by atoms with Gasteiger partial charge in [-0.2, -0.15) is 0 Å². The Morgan fingerprint density at radius 1 is 1.12 bits per heavy atom. The Kier molecular flexibility index (Phi) is 8.10. The van der Waals surface area contributed by atoms with E-state index in [2.05, 4.69) is 28.8 Å². The van der Waals surface area contributed by atoms with E-state index in [0.717, 1.165) is 30.3 Å². The molecule has 2 aromatic rings. The third-order valence-electron chi connectivity index (χ3n) is 4.02. The molecule has 25 heavy (non-hydrogen) atoms. The zero-order valence-electron chi connectivity index (χ0n) is 13.9. The van der Waals surface area contributed by atoms with Gasteiger partial charge >= 0.3 is 0 Å². The summed E-state index contributed by atoms with van der Waals surface area (Å²) < 4.78 is 0. The molecule has 0 unspecified atom stereocenters. The highest BCUT2D eigenvalue weighted by molar-refractivity contribution is 7.99. The van der Waals surface area contributed by atoms with Gasteiger partial charge in [0.1, 0.15) is 0 Å². The topological polar surface area (TPSA) is 41.1 Å². The van der Waals surface area contributed by atoms with Crippen LogP contribution in [0.15, 0.2) is 47.4 Å². The Bertz CT molecular complexity index is 707. The molecule has 1 heterocycles. The van der Waals surface area contributed by atoms with E-state index < -0.39 is 0 Å². The molecule has 2 aromatic carbocycles. The van der Waals surface area contributed by atoms with Crippen LogP contribution >= 0.6 is 35.8 Å². The number of hydrogen-bond acceptors (Lipinski definition) is 3. The van der Waals surface area contributed by atoms with Gasteiger partial charge in [-0.1, -0.05) is 29.8 Å². The monoisotopic (exact) mass is 396 g/mol. The number of hydrogen-bond donors (Lipinski definition) is 2. The number of thioether (sulfide) groups is 1. The molecule has 0 saturated carbocycles. The number of fused-ring (bicyclic) bond motifs is 1. The van der Waals surface area contributed by atoms with Gasteiger partial charge in [-0.25, -0.2) is 0 Å². The highest BCUT2D eigenvalue weighted by Gasteiger charge is 2.10. The van der Waals surface area contributed by atoms with Crippen molar-refractivity contribution in [3.05, 3.63) is 64.2 Å². The Balaban J connectivity index is 0.00000225. The molecule has 1 aliphatic rings. The molecule has 2 N–H and O–H groups in total. The number of nitrogens with one attached hydrogen (secondary N) is 2. The first-order valence-corrected chi connectivity index (χ1v) is 9.53. The van der Waals surface area contributed by atoms with E-state index in [1.165, 1.54) is 21.6 Å². The summed E-state index contributed by atoms with van der Waals surface area (Å²) in [5.74, 6) is 1.05. The van der Waals surface area contributed by atoms with Gasteiger partial charge in [0.25, 0.3) is 0 Å². The van der Waals surface area contributed by atoms with E-state index in [0.29, 0.717) is 13.0 Å². The van der Waals surface area contributed by atoms with Crippen molar-refractivity contribution in [1.82, 2.24) is 10.6 Å². The van der Waals surface area contributed by atoms with Crippen LogP contribution in [0.25, 0.3) is 0 Å². The van der Waals surface area contributed by atoms with Crippen LogP contribution in [0.4, 0.5) is 0 Å². The molecule has 6 heteroatoms. The van der Waals surface area contributed by atoms with Crippen LogP contribution in [0.3, 0.4) is 0 Å². The van der Waals surface area contributed by atoms with E-state index >= 15 is 0 Å². The van der Waals surface area contributed by atoms with Crippen molar-refractivity contribution in [2.24, 2.45) is 0 Å². The lowest BCUT2D eigenvalue weighted by atomic mass is 10.1. The maximum absolute atomic E-state index is 12.0. The van der Waals surface area contributed by atoms with Gasteiger partial charge in [0.05, 0.1) is 0 Å². The summed E-state index contributed by atoms with van der Waals surface area (Å²) in [4.78, 5) is 13.1. The predicted octanol–water partition coefficient (Wildman–Crippen LogP) is 4.55. The van der Waals surface area contributed by atoms with E-state index in [1.54, 1.807) is 11.8 Å². The summed E-state index contributed by atoms with van der Waals surface area (Å²) in [6, 6.07) is 14.2. The van der Waals surface area contributed by atoms with Crippen molar-refractivity contribution >= 4 is 41.7 Å². The van der Waals surface area contributed by atoms with E-state index in [1.807, 2.05) is 24.3 Å². The van der Waals surface area contributed by atoms with Gasteiger partial charge in [-0.15, -0.1) is 24.2 Å². The van der Waals surface area contributed by atoms with Gasteiger partial charge in [0.2, 0.25) is 5.91 Å². The summed E-state index contributed by atoms with van der Waals surface area (Å²) in [5.41, 5.74) is 3.88. The van der Waals surface area contributed by atoms with Gasteiger partial charge in [-0.3, -0.25) is 4.79 Å². The van der Waals surface area contributed by atoms with Crippen LogP contribution < -0.4 is 10.6 Å². The molecular weight excluding hydrogens is 375 g/mol. The molecule has 0 spiro atoms. The fourth-order valence-electron chi connectivity index (χ4n) is 2.70. The minimum absolute atomic E-state index is 0. The first-order valence-electron chi connectivity index (χ1n) is 8.17. The minimum atomic E-state index is 0. The molecule has 3 rings (SSSR count). The average Bonchev–Trinajstić information content (AvgIpc) is 3.06. The molecule has 1 amide bonds. The number of carbonyl (C=O) groups excluding carboxylic acids is 1. The normalized spacial score (nSPS) is 12.4. The molecule has 0 aromatic heterocycles. The highest BCUT2D eigenvalue weighted by Crippen LogP contribution is 2.21. The summed E-state index contributed by atoms with van der Waals surface area (Å²) in [7, 11) is 0. The SMILES string of the molecule is Cl.O=C(CCCSc1ccc(Cl)cc1)NCc1ccc2c(c1)CNC2. The Labute approximate surface area is 164 Å². The second-order valence-corrected chi connectivity index (χ2v) is 7.49. The van der Waals surface area contributed by atoms with E-state index in [9.17, 15) is 4.79 Å². The van der Waals surface area contributed by atoms with Crippen LogP contribution in [-0.2, 0) is 24.4 Å². The summed E-state index contributed by atoms with van der Waals surface area (Å²) in [6.07, 6.45) is 1.43. The van der Waals surface area contributed by atoms with Gasteiger partial charge < -0.3 is 10.6 Å². The number of carbonyl (C=O) groups is 1. The van der Waals surface area contributed by atoms with E-state index in [4.69, 9.17) is 11.6 Å². The van der Waals surface area contributed by atoms with Gasteiger partial charge in [-0.05, 0) is 53.1 Å². The lowest BCUT2D eigenvalue weighted by molar-refractivity contribution is -0.121. The van der Waals surface area contributed by atoms with Gasteiger partial charge in [0.15, 0.2) is 0 Å². The third kappa shape index (κ3) is 6.23. The average molecular weight is 397 g/mol.